The molecule has 6 nitrogen and oxygen atoms in total. The summed E-state index contributed by atoms with van der Waals surface area (Å²) in [6.07, 6.45) is 1.45. The Balaban J connectivity index is 2.22. The first-order chi connectivity index (χ1) is 8.89. The summed E-state index contributed by atoms with van der Waals surface area (Å²) < 4.78 is 25.9. The number of nitrogens with one attached hydrogen (secondary N) is 3. The van der Waals surface area contributed by atoms with Crippen LogP contribution in [0.25, 0.3) is 0 Å². The maximum atomic E-state index is 11.7. The molecule has 1 rings (SSSR count). The van der Waals surface area contributed by atoms with E-state index in [-0.39, 0.29) is 17.2 Å². The van der Waals surface area contributed by atoms with E-state index in [9.17, 15) is 13.2 Å². The van der Waals surface area contributed by atoms with Gasteiger partial charge in [0.05, 0.1) is 12.3 Å². The minimum Gasteiger partial charge on any atom is -0.315 e. The lowest BCUT2D eigenvalue weighted by molar-refractivity contribution is 0.555. The van der Waals surface area contributed by atoms with Crippen molar-refractivity contribution in [3.8, 4) is 0 Å². The van der Waals surface area contributed by atoms with Gasteiger partial charge in [-0.2, -0.15) is 0 Å². The molecule has 0 unspecified atom stereocenters. The highest BCUT2D eigenvalue weighted by Crippen LogP contribution is 1.99. The van der Waals surface area contributed by atoms with E-state index >= 15 is 0 Å². The van der Waals surface area contributed by atoms with Gasteiger partial charge in [-0.25, -0.2) is 13.1 Å². The summed E-state index contributed by atoms with van der Waals surface area (Å²) in [5.74, 6) is 0.112. The number of hydrogen-bond acceptors (Lipinski definition) is 5. The van der Waals surface area contributed by atoms with Crippen molar-refractivity contribution in [2.24, 2.45) is 0 Å². The second-order valence-electron chi connectivity index (χ2n) is 4.63. The molecule has 19 heavy (non-hydrogen) atoms. The third-order valence-corrected chi connectivity index (χ3v) is 4.57. The third kappa shape index (κ3) is 7.46. The van der Waals surface area contributed by atoms with Crippen LogP contribution in [-0.4, -0.2) is 31.7 Å². The van der Waals surface area contributed by atoms with E-state index in [1.807, 2.05) is 0 Å². The van der Waals surface area contributed by atoms with E-state index in [0.29, 0.717) is 18.2 Å². The highest BCUT2D eigenvalue weighted by molar-refractivity contribution is 7.89. The van der Waals surface area contributed by atoms with E-state index in [4.69, 9.17) is 0 Å². The number of H-pyrrole nitrogens is 1. The molecule has 1 heterocycles. The van der Waals surface area contributed by atoms with Gasteiger partial charge in [0.1, 0.15) is 0 Å². The highest BCUT2D eigenvalue weighted by Gasteiger charge is 2.10. The van der Waals surface area contributed by atoms with Crippen molar-refractivity contribution in [2.75, 3.05) is 12.3 Å². The van der Waals surface area contributed by atoms with Crippen LogP contribution < -0.4 is 14.9 Å². The lowest BCUT2D eigenvalue weighted by atomic mass is 10.3. The van der Waals surface area contributed by atoms with Gasteiger partial charge in [-0.15, -0.1) is 0 Å². The van der Waals surface area contributed by atoms with Crippen LogP contribution in [0.3, 0.4) is 0 Å². The minimum atomic E-state index is -3.27. The third-order valence-electron chi connectivity index (χ3n) is 2.45. The van der Waals surface area contributed by atoms with Crippen molar-refractivity contribution in [3.63, 3.8) is 0 Å². The van der Waals surface area contributed by atoms with Crippen molar-refractivity contribution in [3.05, 3.63) is 20.7 Å². The van der Waals surface area contributed by atoms with Gasteiger partial charge in [0.15, 0.2) is 0 Å². The number of hydrogen-bond donors (Lipinski definition) is 3. The zero-order valence-corrected chi connectivity index (χ0v) is 12.9. The molecule has 1 aromatic heterocycles. The number of thiazole rings is 1. The molecule has 0 aliphatic heterocycles. The van der Waals surface area contributed by atoms with Crippen LogP contribution in [0.15, 0.2) is 10.2 Å². The highest BCUT2D eigenvalue weighted by atomic mass is 32.2. The average molecular weight is 307 g/mol. The first-order valence-electron chi connectivity index (χ1n) is 6.26. The predicted molar refractivity (Wildman–Crippen MR) is 77.9 cm³/mol. The molecule has 0 spiro atoms. The first kappa shape index (κ1) is 16.4. The van der Waals surface area contributed by atoms with Gasteiger partial charge in [0.2, 0.25) is 10.0 Å². The van der Waals surface area contributed by atoms with Crippen LogP contribution >= 0.6 is 11.3 Å². The van der Waals surface area contributed by atoms with E-state index in [1.165, 1.54) is 0 Å². The summed E-state index contributed by atoms with van der Waals surface area (Å²) in [7, 11) is -3.27. The van der Waals surface area contributed by atoms with Crippen molar-refractivity contribution >= 4 is 21.4 Å². The number of aromatic nitrogens is 1. The fourth-order valence-corrected chi connectivity index (χ4v) is 3.15. The van der Waals surface area contributed by atoms with Gasteiger partial charge >= 0.3 is 4.87 Å². The Morgan fingerprint density at radius 3 is 2.68 bits per heavy atom. The van der Waals surface area contributed by atoms with Crippen LogP contribution in [-0.2, 0) is 16.6 Å². The Labute approximate surface area is 117 Å². The molecule has 1 aromatic rings. The standard InChI is InChI=1S/C11H21N3O3S2/c1-9(2)12-5-3-4-6-19(16,17)13-7-10-8-18-11(15)14-10/h8-9,12-13H,3-7H2,1-2H3,(H,14,15). The molecule has 0 saturated carbocycles. The largest absolute Gasteiger partial charge is 0.315 e. The van der Waals surface area contributed by atoms with E-state index < -0.39 is 10.0 Å². The fraction of sp³-hybridized carbons (Fsp3) is 0.727. The molecular formula is C11H21N3O3S2. The summed E-state index contributed by atoms with van der Waals surface area (Å²) in [6.45, 7) is 5.08. The number of aromatic amines is 1. The summed E-state index contributed by atoms with van der Waals surface area (Å²) >= 11 is 1.03. The number of rotatable bonds is 9. The van der Waals surface area contributed by atoms with Gasteiger partial charge in [-0.05, 0) is 19.4 Å². The smallest absolute Gasteiger partial charge is 0.304 e. The SMILES string of the molecule is CC(C)NCCCCS(=O)(=O)NCc1csc(=O)[nH]1. The van der Waals surface area contributed by atoms with E-state index in [1.54, 1.807) is 5.38 Å². The van der Waals surface area contributed by atoms with Crippen LogP contribution in [0.4, 0.5) is 0 Å². The lowest BCUT2D eigenvalue weighted by Gasteiger charge is -2.08. The zero-order chi connectivity index (χ0) is 14.3. The van der Waals surface area contributed by atoms with E-state index in [2.05, 4.69) is 28.9 Å². The van der Waals surface area contributed by atoms with Crippen LogP contribution in [0.1, 0.15) is 32.4 Å². The molecule has 0 bridgehead atoms. The minimum absolute atomic E-state index is 0.112. The Morgan fingerprint density at radius 2 is 2.11 bits per heavy atom. The monoisotopic (exact) mass is 307 g/mol. The summed E-state index contributed by atoms with van der Waals surface area (Å²) in [5.41, 5.74) is 0.597. The second-order valence-corrected chi connectivity index (χ2v) is 7.40. The molecule has 8 heteroatoms. The van der Waals surface area contributed by atoms with Crippen molar-refractivity contribution in [2.45, 2.75) is 39.3 Å². The second kappa shape index (κ2) is 7.78. The topological polar surface area (TPSA) is 91.1 Å². The average Bonchev–Trinajstić information content (AvgIpc) is 2.72. The van der Waals surface area contributed by atoms with Crippen molar-refractivity contribution in [1.82, 2.24) is 15.0 Å². The molecule has 0 atom stereocenters. The summed E-state index contributed by atoms with van der Waals surface area (Å²) in [4.78, 5) is 13.3. The Kier molecular flexibility index (Phi) is 6.70. The maximum absolute atomic E-state index is 11.7. The maximum Gasteiger partial charge on any atom is 0.304 e. The molecule has 3 N–H and O–H groups in total. The molecule has 0 aliphatic carbocycles. The van der Waals surface area contributed by atoms with E-state index in [0.717, 1.165) is 24.3 Å². The first-order valence-corrected chi connectivity index (χ1v) is 8.79. The van der Waals surface area contributed by atoms with Crippen LogP contribution in [0, 0.1) is 0 Å². The lowest BCUT2D eigenvalue weighted by Crippen LogP contribution is -2.27. The Hall–Kier alpha value is -0.700. The molecule has 0 aromatic carbocycles. The molecule has 0 fully saturated rings. The summed E-state index contributed by atoms with van der Waals surface area (Å²) in [5, 5.41) is 4.86. The van der Waals surface area contributed by atoms with Gasteiger partial charge in [-0.3, -0.25) is 4.79 Å². The number of sulfonamides is 1. The summed E-state index contributed by atoms with van der Waals surface area (Å²) in [6, 6.07) is 0.421. The number of unbranched alkanes of at least 4 members (excludes halogenated alkanes) is 1. The van der Waals surface area contributed by atoms with Crippen LogP contribution in [0.5, 0.6) is 0 Å². The molecule has 0 saturated heterocycles. The van der Waals surface area contributed by atoms with Crippen molar-refractivity contribution < 1.29 is 8.42 Å². The fourth-order valence-electron chi connectivity index (χ4n) is 1.47. The molecule has 0 amide bonds. The quantitative estimate of drug-likeness (QED) is 0.584. The molecule has 0 radical (unpaired) electrons. The normalized spacial score (nSPS) is 12.2. The zero-order valence-electron chi connectivity index (χ0n) is 11.2. The van der Waals surface area contributed by atoms with Gasteiger partial charge < -0.3 is 10.3 Å². The van der Waals surface area contributed by atoms with Crippen LogP contribution in [0.2, 0.25) is 0 Å². The molecule has 0 aliphatic rings. The van der Waals surface area contributed by atoms with Gasteiger partial charge in [-0.1, -0.05) is 25.2 Å². The van der Waals surface area contributed by atoms with Crippen molar-refractivity contribution in [1.29, 1.82) is 0 Å². The molecule has 110 valence electrons. The Morgan fingerprint density at radius 1 is 1.37 bits per heavy atom. The Bertz CT molecular complexity index is 519. The molecular weight excluding hydrogens is 286 g/mol. The van der Waals surface area contributed by atoms with Gasteiger partial charge in [0.25, 0.3) is 0 Å². The predicted octanol–water partition coefficient (Wildman–Crippen LogP) is 0.634. The van der Waals surface area contributed by atoms with Gasteiger partial charge in [0, 0.05) is 17.1 Å².